The van der Waals surface area contributed by atoms with Gasteiger partial charge in [-0.15, -0.1) is 0 Å². The lowest BCUT2D eigenvalue weighted by Crippen LogP contribution is -2.40. The second-order valence-electron chi connectivity index (χ2n) is 3.28. The van der Waals surface area contributed by atoms with Gasteiger partial charge < -0.3 is 11.1 Å². The third kappa shape index (κ3) is 0.775. The van der Waals surface area contributed by atoms with Gasteiger partial charge >= 0.3 is 0 Å². The van der Waals surface area contributed by atoms with E-state index in [2.05, 4.69) is 5.32 Å². The summed E-state index contributed by atoms with van der Waals surface area (Å²) in [7, 11) is 0. The maximum absolute atomic E-state index is 5.56. The van der Waals surface area contributed by atoms with Gasteiger partial charge in [0.25, 0.3) is 0 Å². The maximum atomic E-state index is 5.56. The van der Waals surface area contributed by atoms with Crippen LogP contribution in [0.2, 0.25) is 0 Å². The summed E-state index contributed by atoms with van der Waals surface area (Å²) in [5, 5.41) is 3.52. The molecule has 0 amide bonds. The van der Waals surface area contributed by atoms with E-state index in [1.165, 1.54) is 19.3 Å². The zero-order chi connectivity index (χ0) is 6.27. The molecule has 52 valence electrons. The highest BCUT2D eigenvalue weighted by Gasteiger charge is 2.37. The third-order valence-corrected chi connectivity index (χ3v) is 2.75. The predicted octanol–water partition coefficient (Wildman–Crippen LogP) is 0.0856. The molecular formula is C7H14N2. The molecule has 2 bridgehead atoms. The molecule has 1 saturated heterocycles. The van der Waals surface area contributed by atoms with Gasteiger partial charge in [0.1, 0.15) is 0 Å². The molecule has 0 radical (unpaired) electrons. The first-order chi connectivity index (χ1) is 4.40. The maximum Gasteiger partial charge on any atom is 0.0221 e. The summed E-state index contributed by atoms with van der Waals surface area (Å²) in [4.78, 5) is 0. The van der Waals surface area contributed by atoms with Crippen LogP contribution in [0.3, 0.4) is 0 Å². The van der Waals surface area contributed by atoms with Crippen LogP contribution in [-0.2, 0) is 0 Å². The van der Waals surface area contributed by atoms with Crippen LogP contribution in [0.4, 0.5) is 0 Å². The third-order valence-electron chi connectivity index (χ3n) is 2.75. The molecule has 2 heteroatoms. The number of rotatable bonds is 1. The van der Waals surface area contributed by atoms with Crippen LogP contribution < -0.4 is 11.1 Å². The van der Waals surface area contributed by atoms with Crippen molar-refractivity contribution in [2.75, 3.05) is 6.54 Å². The molecular weight excluding hydrogens is 112 g/mol. The van der Waals surface area contributed by atoms with Gasteiger partial charge in [0.15, 0.2) is 0 Å². The lowest BCUT2D eigenvalue weighted by Gasteiger charge is -2.20. The lowest BCUT2D eigenvalue weighted by molar-refractivity contribution is 0.388. The Hall–Kier alpha value is -0.0800. The van der Waals surface area contributed by atoms with Crippen LogP contribution in [0.25, 0.3) is 0 Å². The zero-order valence-electron chi connectivity index (χ0n) is 5.64. The van der Waals surface area contributed by atoms with Gasteiger partial charge in [-0.05, 0) is 25.2 Å². The van der Waals surface area contributed by atoms with Gasteiger partial charge in [0, 0.05) is 18.6 Å². The lowest BCUT2D eigenvalue weighted by atomic mass is 10.0. The van der Waals surface area contributed by atoms with E-state index in [0.29, 0.717) is 6.04 Å². The Kier molecular flexibility index (Phi) is 1.24. The van der Waals surface area contributed by atoms with Crippen molar-refractivity contribution in [1.29, 1.82) is 0 Å². The molecule has 0 aromatic heterocycles. The monoisotopic (exact) mass is 126 g/mol. The molecule has 1 heterocycles. The van der Waals surface area contributed by atoms with E-state index in [9.17, 15) is 0 Å². The molecule has 2 nitrogen and oxygen atoms in total. The molecule has 9 heavy (non-hydrogen) atoms. The van der Waals surface area contributed by atoms with Crippen LogP contribution in [0.1, 0.15) is 19.3 Å². The van der Waals surface area contributed by atoms with Crippen molar-refractivity contribution < 1.29 is 0 Å². The highest BCUT2D eigenvalue weighted by atomic mass is 15.0. The number of nitrogens with one attached hydrogen (secondary N) is 1. The molecule has 1 aliphatic carbocycles. The Morgan fingerprint density at radius 2 is 2.33 bits per heavy atom. The highest BCUT2D eigenvalue weighted by Crippen LogP contribution is 2.34. The Labute approximate surface area is 55.8 Å². The molecule has 0 aromatic rings. The van der Waals surface area contributed by atoms with E-state index in [0.717, 1.165) is 18.5 Å². The molecule has 2 rings (SSSR count). The number of piperidine rings is 1. The number of fused-ring (bicyclic) bond motifs is 2. The SMILES string of the molecule is NC[C@H]1N[C@@H]2CC[C@H]1C2. The minimum absolute atomic E-state index is 0.656. The highest BCUT2D eigenvalue weighted by molar-refractivity contribution is 4.96. The summed E-state index contributed by atoms with van der Waals surface area (Å²) >= 11 is 0. The molecule has 3 N–H and O–H groups in total. The van der Waals surface area contributed by atoms with Gasteiger partial charge in [-0.2, -0.15) is 0 Å². The Bertz CT molecular complexity index is 113. The minimum Gasteiger partial charge on any atom is -0.329 e. The molecule has 0 unspecified atom stereocenters. The van der Waals surface area contributed by atoms with Crippen molar-refractivity contribution in [3.8, 4) is 0 Å². The molecule has 3 atom stereocenters. The van der Waals surface area contributed by atoms with Crippen molar-refractivity contribution in [1.82, 2.24) is 5.32 Å². The van der Waals surface area contributed by atoms with E-state index in [-0.39, 0.29) is 0 Å². The fourth-order valence-electron chi connectivity index (χ4n) is 2.23. The summed E-state index contributed by atoms with van der Waals surface area (Å²) in [5.41, 5.74) is 5.56. The Balaban J connectivity index is 2.01. The van der Waals surface area contributed by atoms with Crippen molar-refractivity contribution in [2.24, 2.45) is 11.7 Å². The van der Waals surface area contributed by atoms with E-state index >= 15 is 0 Å². The summed E-state index contributed by atoms with van der Waals surface area (Å²) < 4.78 is 0. The average molecular weight is 126 g/mol. The Morgan fingerprint density at radius 3 is 2.67 bits per heavy atom. The van der Waals surface area contributed by atoms with Crippen molar-refractivity contribution in [3.05, 3.63) is 0 Å². The normalized spacial score (nSPS) is 48.3. The first kappa shape index (κ1) is 5.69. The summed E-state index contributed by atoms with van der Waals surface area (Å²) in [5.74, 6) is 0.917. The number of hydrogen-bond acceptors (Lipinski definition) is 2. The van der Waals surface area contributed by atoms with Gasteiger partial charge in [0.2, 0.25) is 0 Å². The van der Waals surface area contributed by atoms with Gasteiger partial charge in [-0.1, -0.05) is 0 Å². The molecule has 1 aliphatic heterocycles. The van der Waals surface area contributed by atoms with E-state index in [4.69, 9.17) is 5.73 Å². The molecule has 0 spiro atoms. The molecule has 2 fully saturated rings. The van der Waals surface area contributed by atoms with Crippen LogP contribution >= 0.6 is 0 Å². The summed E-state index contributed by atoms with van der Waals surface area (Å²) in [6.07, 6.45) is 4.20. The van der Waals surface area contributed by atoms with E-state index in [1.54, 1.807) is 0 Å². The van der Waals surface area contributed by atoms with Crippen molar-refractivity contribution >= 4 is 0 Å². The van der Waals surface area contributed by atoms with E-state index < -0.39 is 0 Å². The van der Waals surface area contributed by atoms with Crippen LogP contribution in [-0.4, -0.2) is 18.6 Å². The fourth-order valence-corrected chi connectivity index (χ4v) is 2.23. The second-order valence-corrected chi connectivity index (χ2v) is 3.28. The zero-order valence-corrected chi connectivity index (χ0v) is 5.64. The quantitative estimate of drug-likeness (QED) is 0.522. The van der Waals surface area contributed by atoms with Crippen LogP contribution in [0.15, 0.2) is 0 Å². The topological polar surface area (TPSA) is 38.0 Å². The van der Waals surface area contributed by atoms with Crippen molar-refractivity contribution in [3.63, 3.8) is 0 Å². The van der Waals surface area contributed by atoms with Gasteiger partial charge in [0.05, 0.1) is 0 Å². The largest absolute Gasteiger partial charge is 0.329 e. The molecule has 0 aromatic carbocycles. The van der Waals surface area contributed by atoms with E-state index in [1.807, 2.05) is 0 Å². The minimum atomic E-state index is 0.656. The van der Waals surface area contributed by atoms with Gasteiger partial charge in [-0.25, -0.2) is 0 Å². The standard InChI is InChI=1S/C7H14N2/c8-4-7-5-1-2-6(3-5)9-7/h5-7,9H,1-4,8H2/t5-,6+,7+/m0/s1. The van der Waals surface area contributed by atoms with Gasteiger partial charge in [-0.3, -0.25) is 0 Å². The molecule has 2 aliphatic rings. The number of hydrogen-bond donors (Lipinski definition) is 2. The predicted molar refractivity (Wildman–Crippen MR) is 37.1 cm³/mol. The first-order valence-corrected chi connectivity index (χ1v) is 3.86. The first-order valence-electron chi connectivity index (χ1n) is 3.86. The van der Waals surface area contributed by atoms with Crippen molar-refractivity contribution in [2.45, 2.75) is 31.3 Å². The van der Waals surface area contributed by atoms with Crippen LogP contribution in [0.5, 0.6) is 0 Å². The number of nitrogens with two attached hydrogens (primary N) is 1. The average Bonchev–Trinajstić information content (AvgIpc) is 2.45. The summed E-state index contributed by atoms with van der Waals surface area (Å²) in [6.45, 7) is 0.834. The fraction of sp³-hybridized carbons (Fsp3) is 1.00. The van der Waals surface area contributed by atoms with Crippen LogP contribution in [0, 0.1) is 5.92 Å². The smallest absolute Gasteiger partial charge is 0.0221 e. The molecule has 1 saturated carbocycles. The summed E-state index contributed by atoms with van der Waals surface area (Å²) in [6, 6.07) is 1.48. The second kappa shape index (κ2) is 1.96. The Morgan fingerprint density at radius 1 is 1.44 bits per heavy atom.